The summed E-state index contributed by atoms with van der Waals surface area (Å²) in [6, 6.07) is 20.4. The van der Waals surface area contributed by atoms with E-state index in [1.165, 1.54) is 5.69 Å². The van der Waals surface area contributed by atoms with Gasteiger partial charge in [0.05, 0.1) is 5.69 Å². The van der Waals surface area contributed by atoms with Gasteiger partial charge in [0.15, 0.2) is 0 Å². The van der Waals surface area contributed by atoms with Crippen LogP contribution in [0.1, 0.15) is 11.3 Å². The maximum absolute atomic E-state index is 4.52. The molecule has 0 bridgehead atoms. The van der Waals surface area contributed by atoms with Crippen LogP contribution in [0, 0.1) is 6.92 Å². The second-order valence-electron chi connectivity index (χ2n) is 4.86. The highest BCUT2D eigenvalue weighted by Gasteiger charge is 2.02. The average molecular weight is 339 g/mol. The molecule has 0 amide bonds. The molecule has 2 nitrogen and oxygen atoms in total. The van der Waals surface area contributed by atoms with Crippen molar-refractivity contribution in [3.63, 3.8) is 0 Å². The Morgan fingerprint density at radius 3 is 2.57 bits per heavy atom. The van der Waals surface area contributed by atoms with Crippen molar-refractivity contribution < 1.29 is 0 Å². The fourth-order valence-corrected chi connectivity index (χ4v) is 2.63. The van der Waals surface area contributed by atoms with Gasteiger partial charge in [-0.05, 0) is 43.3 Å². The Balaban J connectivity index is 1.88. The second-order valence-corrected chi connectivity index (χ2v) is 5.77. The Kier molecular flexibility index (Phi) is 4.02. The van der Waals surface area contributed by atoms with Crippen LogP contribution in [-0.2, 0) is 0 Å². The quantitative estimate of drug-likeness (QED) is 0.576. The first-order valence-electron chi connectivity index (χ1n) is 6.76. The molecule has 1 heterocycles. The number of benzene rings is 2. The first kappa shape index (κ1) is 13.8. The minimum atomic E-state index is 0.939. The van der Waals surface area contributed by atoms with E-state index in [0.717, 1.165) is 21.4 Å². The van der Waals surface area contributed by atoms with E-state index < -0.39 is 0 Å². The summed E-state index contributed by atoms with van der Waals surface area (Å²) in [6.07, 6.45) is 4.00. The lowest BCUT2D eigenvalue weighted by Gasteiger charge is -2.04. The van der Waals surface area contributed by atoms with Gasteiger partial charge in [0, 0.05) is 33.8 Å². The van der Waals surface area contributed by atoms with Gasteiger partial charge in [0.2, 0.25) is 0 Å². The number of aliphatic imine (C=N–C) groups is 1. The molecule has 0 spiro atoms. The van der Waals surface area contributed by atoms with E-state index in [4.69, 9.17) is 0 Å². The molecular weight excluding hydrogens is 324 g/mol. The maximum Gasteiger partial charge on any atom is 0.0641 e. The molecule has 0 N–H and O–H groups in total. The second kappa shape index (κ2) is 6.10. The summed E-state index contributed by atoms with van der Waals surface area (Å²) in [5, 5.41) is 0. The smallest absolute Gasteiger partial charge is 0.0641 e. The number of rotatable bonds is 3. The van der Waals surface area contributed by atoms with E-state index in [1.54, 1.807) is 0 Å². The molecule has 0 radical (unpaired) electrons. The van der Waals surface area contributed by atoms with Crippen LogP contribution < -0.4 is 0 Å². The van der Waals surface area contributed by atoms with Crippen molar-refractivity contribution in [3.05, 3.63) is 82.6 Å². The number of hydrogen-bond donors (Lipinski definition) is 0. The molecule has 0 unspecified atom stereocenters. The molecular formula is C18H15BrN2. The highest BCUT2D eigenvalue weighted by Crippen LogP contribution is 2.19. The van der Waals surface area contributed by atoms with Crippen LogP contribution in [0.25, 0.3) is 5.69 Å². The Labute approximate surface area is 132 Å². The van der Waals surface area contributed by atoms with E-state index >= 15 is 0 Å². The van der Waals surface area contributed by atoms with Crippen LogP contribution in [-0.4, -0.2) is 10.8 Å². The molecule has 104 valence electrons. The summed E-state index contributed by atoms with van der Waals surface area (Å²) >= 11 is 3.46. The SMILES string of the molecule is Cc1cc(C=Nc2cccc(Br)c2)cn1-c1ccccc1. The summed E-state index contributed by atoms with van der Waals surface area (Å²) in [5.41, 5.74) is 4.39. The van der Waals surface area contributed by atoms with Crippen molar-refractivity contribution >= 4 is 27.8 Å². The van der Waals surface area contributed by atoms with Crippen LogP contribution in [0.15, 0.2) is 76.3 Å². The number of hydrogen-bond acceptors (Lipinski definition) is 1. The van der Waals surface area contributed by atoms with Gasteiger partial charge in [0.25, 0.3) is 0 Å². The predicted octanol–water partition coefficient (Wildman–Crippen LogP) is 5.30. The maximum atomic E-state index is 4.52. The minimum absolute atomic E-state index is 0.939. The third-order valence-electron chi connectivity index (χ3n) is 3.24. The summed E-state index contributed by atoms with van der Waals surface area (Å²) in [6.45, 7) is 2.10. The minimum Gasteiger partial charge on any atom is -0.321 e. The normalized spacial score (nSPS) is 11.1. The lowest BCUT2D eigenvalue weighted by molar-refractivity contribution is 1.02. The summed E-state index contributed by atoms with van der Waals surface area (Å²) in [7, 11) is 0. The molecule has 0 saturated heterocycles. The van der Waals surface area contributed by atoms with Gasteiger partial charge in [-0.3, -0.25) is 4.99 Å². The Morgan fingerprint density at radius 1 is 1.00 bits per heavy atom. The zero-order chi connectivity index (χ0) is 14.7. The highest BCUT2D eigenvalue weighted by molar-refractivity contribution is 9.10. The first-order valence-corrected chi connectivity index (χ1v) is 7.56. The van der Waals surface area contributed by atoms with E-state index in [9.17, 15) is 0 Å². The highest BCUT2D eigenvalue weighted by atomic mass is 79.9. The molecule has 21 heavy (non-hydrogen) atoms. The van der Waals surface area contributed by atoms with Gasteiger partial charge in [-0.25, -0.2) is 0 Å². The van der Waals surface area contributed by atoms with Gasteiger partial charge < -0.3 is 4.57 Å². The molecule has 0 aliphatic heterocycles. The van der Waals surface area contributed by atoms with Gasteiger partial charge in [-0.2, -0.15) is 0 Å². The van der Waals surface area contributed by atoms with Gasteiger partial charge in [0.1, 0.15) is 0 Å². The van der Waals surface area contributed by atoms with Crippen LogP contribution in [0.3, 0.4) is 0 Å². The fraction of sp³-hybridized carbons (Fsp3) is 0.0556. The molecule has 3 heteroatoms. The van der Waals surface area contributed by atoms with Gasteiger partial charge in [-0.15, -0.1) is 0 Å². The molecule has 2 aromatic carbocycles. The number of nitrogens with zero attached hydrogens (tertiary/aromatic N) is 2. The number of para-hydroxylation sites is 1. The van der Waals surface area contributed by atoms with Crippen LogP contribution in [0.5, 0.6) is 0 Å². The van der Waals surface area contributed by atoms with E-state index in [-0.39, 0.29) is 0 Å². The number of aromatic nitrogens is 1. The van der Waals surface area contributed by atoms with Gasteiger partial charge >= 0.3 is 0 Å². The largest absolute Gasteiger partial charge is 0.321 e. The Bertz CT molecular complexity index is 773. The third-order valence-corrected chi connectivity index (χ3v) is 3.73. The summed E-state index contributed by atoms with van der Waals surface area (Å²) in [4.78, 5) is 4.52. The topological polar surface area (TPSA) is 17.3 Å². The van der Waals surface area contributed by atoms with Crippen LogP contribution in [0.2, 0.25) is 0 Å². The average Bonchev–Trinajstić information content (AvgIpc) is 2.87. The predicted molar refractivity (Wildman–Crippen MR) is 91.9 cm³/mol. The Morgan fingerprint density at radius 2 is 1.81 bits per heavy atom. The molecule has 0 atom stereocenters. The standard InChI is InChI=1S/C18H15BrN2/c1-14-10-15(12-20-17-7-5-6-16(19)11-17)13-21(14)18-8-3-2-4-9-18/h2-13H,1H3. The molecule has 0 aliphatic carbocycles. The van der Waals surface area contributed by atoms with Crippen molar-refractivity contribution in [1.82, 2.24) is 4.57 Å². The zero-order valence-electron chi connectivity index (χ0n) is 11.7. The van der Waals surface area contributed by atoms with Gasteiger partial charge in [-0.1, -0.05) is 40.2 Å². The number of aryl methyl sites for hydroxylation is 1. The van der Waals surface area contributed by atoms with Crippen molar-refractivity contribution in [3.8, 4) is 5.69 Å². The molecule has 0 aliphatic rings. The molecule has 3 aromatic rings. The monoisotopic (exact) mass is 338 g/mol. The molecule has 3 rings (SSSR count). The summed E-state index contributed by atoms with van der Waals surface area (Å²) in [5.74, 6) is 0. The molecule has 0 saturated carbocycles. The van der Waals surface area contributed by atoms with Crippen molar-refractivity contribution in [1.29, 1.82) is 0 Å². The van der Waals surface area contributed by atoms with Crippen molar-refractivity contribution in [2.75, 3.05) is 0 Å². The Hall–Kier alpha value is -2.13. The van der Waals surface area contributed by atoms with Crippen LogP contribution >= 0.6 is 15.9 Å². The molecule has 1 aromatic heterocycles. The lowest BCUT2D eigenvalue weighted by Crippen LogP contribution is -1.93. The zero-order valence-corrected chi connectivity index (χ0v) is 13.3. The van der Waals surface area contributed by atoms with E-state index in [2.05, 4.69) is 56.8 Å². The van der Waals surface area contributed by atoms with E-state index in [0.29, 0.717) is 0 Å². The molecule has 0 fully saturated rings. The summed E-state index contributed by atoms with van der Waals surface area (Å²) < 4.78 is 3.21. The van der Waals surface area contributed by atoms with Crippen molar-refractivity contribution in [2.24, 2.45) is 4.99 Å². The first-order chi connectivity index (χ1) is 10.2. The lowest BCUT2D eigenvalue weighted by atomic mass is 10.3. The van der Waals surface area contributed by atoms with E-state index in [1.807, 2.05) is 48.7 Å². The third kappa shape index (κ3) is 3.31. The number of halogens is 1. The van der Waals surface area contributed by atoms with Crippen molar-refractivity contribution in [2.45, 2.75) is 6.92 Å². The fourth-order valence-electron chi connectivity index (χ4n) is 2.24. The van der Waals surface area contributed by atoms with Crippen LogP contribution in [0.4, 0.5) is 5.69 Å².